The van der Waals surface area contributed by atoms with Crippen LogP contribution in [0.2, 0.25) is 0 Å². The third-order valence-electron chi connectivity index (χ3n) is 2.97. The largest absolute Gasteiger partial charge is 0.481 e. The van der Waals surface area contributed by atoms with Crippen LogP contribution < -0.4 is 10.1 Å². The molecule has 0 aliphatic heterocycles. The van der Waals surface area contributed by atoms with Gasteiger partial charge in [-0.25, -0.2) is 13.6 Å². The molecule has 0 fully saturated rings. The Hall–Kier alpha value is -2.71. The number of esters is 2. The molecule has 0 aliphatic rings. The first-order valence-electron chi connectivity index (χ1n) is 6.85. The third-order valence-corrected chi connectivity index (χ3v) is 2.97. The molecule has 9 heteroatoms. The Labute approximate surface area is 136 Å². The molecule has 24 heavy (non-hydrogen) atoms. The van der Waals surface area contributed by atoms with Gasteiger partial charge in [-0.05, 0) is 19.1 Å². The minimum Gasteiger partial charge on any atom is -0.481 e. The van der Waals surface area contributed by atoms with E-state index in [1.54, 1.807) is 0 Å². The van der Waals surface area contributed by atoms with Crippen LogP contribution in [0.25, 0.3) is 0 Å². The van der Waals surface area contributed by atoms with Gasteiger partial charge in [0, 0.05) is 6.07 Å². The van der Waals surface area contributed by atoms with Gasteiger partial charge in [-0.3, -0.25) is 9.59 Å². The Balaban J connectivity index is 2.73. The van der Waals surface area contributed by atoms with Gasteiger partial charge in [0.1, 0.15) is 11.8 Å². The Bertz CT molecular complexity index is 622. The molecule has 0 aliphatic carbocycles. The van der Waals surface area contributed by atoms with Gasteiger partial charge in [-0.2, -0.15) is 0 Å². The summed E-state index contributed by atoms with van der Waals surface area (Å²) in [7, 11) is 2.23. The van der Waals surface area contributed by atoms with E-state index in [4.69, 9.17) is 4.74 Å². The second-order valence-corrected chi connectivity index (χ2v) is 4.70. The maximum atomic E-state index is 13.1. The number of hydrogen-bond acceptors (Lipinski definition) is 6. The van der Waals surface area contributed by atoms with E-state index in [0.29, 0.717) is 0 Å². The number of halogens is 2. The fraction of sp³-hybridized carbons (Fsp3) is 0.400. The lowest BCUT2D eigenvalue weighted by atomic mass is 10.2. The summed E-state index contributed by atoms with van der Waals surface area (Å²) in [5, 5.41) is 2.27. The monoisotopic (exact) mass is 345 g/mol. The van der Waals surface area contributed by atoms with Crippen LogP contribution in [0.3, 0.4) is 0 Å². The maximum Gasteiger partial charge on any atom is 0.328 e. The van der Waals surface area contributed by atoms with E-state index in [1.165, 1.54) is 6.92 Å². The zero-order chi connectivity index (χ0) is 18.3. The van der Waals surface area contributed by atoms with Crippen LogP contribution in [0.15, 0.2) is 18.2 Å². The summed E-state index contributed by atoms with van der Waals surface area (Å²) in [6.07, 6.45) is -1.56. The van der Waals surface area contributed by atoms with Crippen molar-refractivity contribution >= 4 is 17.8 Å². The summed E-state index contributed by atoms with van der Waals surface area (Å²) >= 11 is 0. The van der Waals surface area contributed by atoms with E-state index in [-0.39, 0.29) is 5.75 Å². The first-order valence-corrected chi connectivity index (χ1v) is 6.85. The highest BCUT2D eigenvalue weighted by Gasteiger charge is 2.27. The molecule has 1 N–H and O–H groups in total. The zero-order valence-electron chi connectivity index (χ0n) is 13.3. The van der Waals surface area contributed by atoms with Gasteiger partial charge in [0.15, 0.2) is 17.7 Å². The number of carbonyl (C=O) groups is 3. The summed E-state index contributed by atoms with van der Waals surface area (Å²) in [6.45, 7) is 1.34. The van der Waals surface area contributed by atoms with Crippen molar-refractivity contribution in [3.05, 3.63) is 29.8 Å². The predicted octanol–water partition coefficient (Wildman–Crippen LogP) is 0.953. The molecule has 0 unspecified atom stereocenters. The Morgan fingerprint density at radius 1 is 1.12 bits per heavy atom. The number of benzene rings is 1. The molecule has 0 radical (unpaired) electrons. The van der Waals surface area contributed by atoms with E-state index >= 15 is 0 Å². The van der Waals surface area contributed by atoms with Crippen LogP contribution in [-0.2, 0) is 23.9 Å². The quantitative estimate of drug-likeness (QED) is 0.740. The van der Waals surface area contributed by atoms with E-state index in [9.17, 15) is 23.2 Å². The number of rotatable bonds is 7. The van der Waals surface area contributed by atoms with Crippen LogP contribution in [0.4, 0.5) is 8.78 Å². The van der Waals surface area contributed by atoms with Crippen LogP contribution in [0.1, 0.15) is 13.3 Å². The minimum absolute atomic E-state index is 0.0702. The van der Waals surface area contributed by atoms with Gasteiger partial charge in [0.25, 0.3) is 5.91 Å². The fourth-order valence-corrected chi connectivity index (χ4v) is 1.68. The molecule has 0 aromatic heterocycles. The standard InChI is InChI=1S/C15H17F2NO6/c1-8(24-9-4-5-10(16)11(17)6-9)14(20)18-12(15(21)23-3)7-13(19)22-2/h4-6,8,12H,7H2,1-3H3,(H,18,20)/t8-,12+/m0/s1. The Morgan fingerprint density at radius 2 is 1.79 bits per heavy atom. The second kappa shape index (κ2) is 8.80. The SMILES string of the molecule is COC(=O)C[C@@H](NC(=O)[C@H](C)Oc1ccc(F)c(F)c1)C(=O)OC. The number of carbonyl (C=O) groups excluding carboxylic acids is 3. The molecule has 1 amide bonds. The smallest absolute Gasteiger partial charge is 0.328 e. The zero-order valence-corrected chi connectivity index (χ0v) is 13.3. The summed E-state index contributed by atoms with van der Waals surface area (Å²) in [4.78, 5) is 34.9. The highest BCUT2D eigenvalue weighted by Crippen LogP contribution is 2.17. The molecule has 0 saturated carbocycles. The lowest BCUT2D eigenvalue weighted by Crippen LogP contribution is -2.47. The first kappa shape index (κ1) is 19.3. The van der Waals surface area contributed by atoms with Crippen molar-refractivity contribution in [2.24, 2.45) is 0 Å². The summed E-state index contributed by atoms with van der Waals surface area (Å²) in [6, 6.07) is 1.52. The first-order chi connectivity index (χ1) is 11.3. The highest BCUT2D eigenvalue weighted by atomic mass is 19.2. The molecule has 0 spiro atoms. The van der Waals surface area contributed by atoms with Crippen molar-refractivity contribution in [2.45, 2.75) is 25.5 Å². The number of ether oxygens (including phenoxy) is 3. The van der Waals surface area contributed by atoms with E-state index in [0.717, 1.165) is 32.4 Å². The Morgan fingerprint density at radius 3 is 2.33 bits per heavy atom. The number of hydrogen-bond donors (Lipinski definition) is 1. The van der Waals surface area contributed by atoms with Crippen molar-refractivity contribution < 1.29 is 37.4 Å². The molecule has 1 aromatic rings. The van der Waals surface area contributed by atoms with Gasteiger partial charge in [0.05, 0.1) is 20.6 Å². The minimum atomic E-state index is -1.26. The number of methoxy groups -OCH3 is 2. The van der Waals surface area contributed by atoms with Gasteiger partial charge in [-0.15, -0.1) is 0 Å². The molecule has 132 valence electrons. The lowest BCUT2D eigenvalue weighted by Gasteiger charge is -2.19. The summed E-state index contributed by atoms with van der Waals surface area (Å²) < 4.78 is 40.0. The molecule has 1 rings (SSSR count). The normalized spacial score (nSPS) is 12.7. The van der Waals surface area contributed by atoms with Crippen LogP contribution in [0.5, 0.6) is 5.75 Å². The van der Waals surface area contributed by atoms with Crippen LogP contribution >= 0.6 is 0 Å². The van der Waals surface area contributed by atoms with Crippen molar-refractivity contribution in [2.75, 3.05) is 14.2 Å². The second-order valence-electron chi connectivity index (χ2n) is 4.70. The van der Waals surface area contributed by atoms with Crippen molar-refractivity contribution in [1.29, 1.82) is 0 Å². The van der Waals surface area contributed by atoms with Gasteiger partial charge >= 0.3 is 11.9 Å². The van der Waals surface area contributed by atoms with Gasteiger partial charge < -0.3 is 19.5 Å². The predicted molar refractivity (Wildman–Crippen MR) is 77.0 cm³/mol. The van der Waals surface area contributed by atoms with Crippen LogP contribution in [-0.4, -0.2) is 44.2 Å². The van der Waals surface area contributed by atoms with E-state index in [2.05, 4.69) is 14.8 Å². The average molecular weight is 345 g/mol. The number of nitrogens with one attached hydrogen (secondary N) is 1. The number of amides is 1. The molecular formula is C15H17F2NO6. The third kappa shape index (κ3) is 5.49. The van der Waals surface area contributed by atoms with Crippen molar-refractivity contribution in [3.8, 4) is 5.75 Å². The molecule has 0 heterocycles. The van der Waals surface area contributed by atoms with Crippen molar-refractivity contribution in [3.63, 3.8) is 0 Å². The molecule has 0 bridgehead atoms. The summed E-state index contributed by atoms with van der Waals surface area (Å²) in [5.74, 6) is -4.56. The maximum absolute atomic E-state index is 13.1. The highest BCUT2D eigenvalue weighted by molar-refractivity contribution is 5.89. The molecule has 1 aromatic carbocycles. The van der Waals surface area contributed by atoms with E-state index < -0.39 is 48.0 Å². The Kier molecular flexibility index (Phi) is 7.09. The fourth-order valence-electron chi connectivity index (χ4n) is 1.68. The molecule has 2 atom stereocenters. The van der Waals surface area contributed by atoms with Gasteiger partial charge in [-0.1, -0.05) is 0 Å². The summed E-state index contributed by atoms with van der Waals surface area (Å²) in [5.41, 5.74) is 0. The molecular weight excluding hydrogens is 328 g/mol. The molecule has 0 saturated heterocycles. The topological polar surface area (TPSA) is 90.9 Å². The van der Waals surface area contributed by atoms with E-state index in [1.807, 2.05) is 0 Å². The van der Waals surface area contributed by atoms with Gasteiger partial charge in [0.2, 0.25) is 0 Å². The molecule has 7 nitrogen and oxygen atoms in total. The average Bonchev–Trinajstić information content (AvgIpc) is 2.56. The van der Waals surface area contributed by atoms with Crippen LogP contribution in [0, 0.1) is 11.6 Å². The van der Waals surface area contributed by atoms with Crippen molar-refractivity contribution in [1.82, 2.24) is 5.32 Å². The lowest BCUT2D eigenvalue weighted by molar-refractivity contribution is -0.151.